The van der Waals surface area contributed by atoms with Crippen molar-refractivity contribution < 1.29 is 8.42 Å². The van der Waals surface area contributed by atoms with Gasteiger partial charge in [-0.15, -0.1) is 0 Å². The molecule has 0 aliphatic heterocycles. The zero-order valence-electron chi connectivity index (χ0n) is 12.5. The molecule has 0 bridgehead atoms. The number of halogens is 2. The number of nitrogens with zero attached hydrogens (tertiary/aromatic N) is 1. The summed E-state index contributed by atoms with van der Waals surface area (Å²) >= 11 is 6.63. The maximum Gasteiger partial charge on any atom is 0.210 e. The fraction of sp³-hybridized carbons (Fsp3) is 0.125. The van der Waals surface area contributed by atoms with E-state index >= 15 is 0 Å². The third kappa shape index (κ3) is 2.51. The minimum atomic E-state index is -3.70. The lowest BCUT2D eigenvalue weighted by Gasteiger charge is -2.10. The number of fused-ring (bicyclic) bond motifs is 1. The van der Waals surface area contributed by atoms with Crippen LogP contribution in [0.2, 0.25) is 0 Å². The van der Waals surface area contributed by atoms with Crippen molar-refractivity contribution >= 4 is 58.3 Å². The zero-order chi connectivity index (χ0) is 16.9. The number of sulfone groups is 1. The van der Waals surface area contributed by atoms with E-state index in [0.717, 1.165) is 5.52 Å². The summed E-state index contributed by atoms with van der Waals surface area (Å²) in [6, 6.07) is 10.6. The van der Waals surface area contributed by atoms with E-state index in [1.807, 2.05) is 42.8 Å². The van der Waals surface area contributed by atoms with Crippen LogP contribution >= 0.6 is 31.9 Å². The van der Waals surface area contributed by atoms with Gasteiger partial charge in [0.05, 0.1) is 4.90 Å². The minimum Gasteiger partial charge on any atom is -0.398 e. The van der Waals surface area contributed by atoms with Crippen molar-refractivity contribution in [3.63, 3.8) is 0 Å². The molecule has 7 heteroatoms. The number of nitrogen functional groups attached to an aromatic ring is 1. The van der Waals surface area contributed by atoms with Crippen LogP contribution in [-0.4, -0.2) is 13.0 Å². The van der Waals surface area contributed by atoms with Crippen LogP contribution in [-0.2, 0) is 16.9 Å². The topological polar surface area (TPSA) is 65.1 Å². The van der Waals surface area contributed by atoms with Crippen molar-refractivity contribution in [1.82, 2.24) is 4.57 Å². The number of aromatic nitrogens is 1. The molecular weight excluding hydrogens is 444 g/mol. The monoisotopic (exact) mass is 456 g/mol. The number of para-hydroxylation sites is 1. The molecule has 0 amide bonds. The van der Waals surface area contributed by atoms with Crippen LogP contribution in [0.1, 0.15) is 5.69 Å². The molecule has 2 N–H and O–H groups in total. The van der Waals surface area contributed by atoms with Gasteiger partial charge in [0.2, 0.25) is 9.84 Å². The predicted molar refractivity (Wildman–Crippen MR) is 99.4 cm³/mol. The van der Waals surface area contributed by atoms with Gasteiger partial charge < -0.3 is 10.3 Å². The molecule has 0 aliphatic rings. The third-order valence-electron chi connectivity index (χ3n) is 3.95. The molecule has 0 saturated carbocycles. The van der Waals surface area contributed by atoms with Crippen LogP contribution in [0.4, 0.5) is 5.69 Å². The molecule has 4 nitrogen and oxygen atoms in total. The van der Waals surface area contributed by atoms with E-state index in [2.05, 4.69) is 31.9 Å². The second-order valence-electron chi connectivity index (χ2n) is 5.30. The summed E-state index contributed by atoms with van der Waals surface area (Å²) in [5, 5.41) is 0.715. The van der Waals surface area contributed by atoms with E-state index in [0.29, 0.717) is 30.6 Å². The molecule has 23 heavy (non-hydrogen) atoms. The van der Waals surface area contributed by atoms with Crippen LogP contribution < -0.4 is 5.73 Å². The van der Waals surface area contributed by atoms with Gasteiger partial charge in [0.25, 0.3) is 0 Å². The molecule has 1 heterocycles. The van der Waals surface area contributed by atoms with Gasteiger partial charge in [0.15, 0.2) is 0 Å². The van der Waals surface area contributed by atoms with Crippen molar-refractivity contribution in [2.24, 2.45) is 7.05 Å². The lowest BCUT2D eigenvalue weighted by Crippen LogP contribution is -2.06. The van der Waals surface area contributed by atoms with Crippen LogP contribution in [0.3, 0.4) is 0 Å². The van der Waals surface area contributed by atoms with E-state index in [1.54, 1.807) is 6.07 Å². The van der Waals surface area contributed by atoms with Crippen LogP contribution in [0.15, 0.2) is 55.1 Å². The standard InChI is InChI=1S/C16H14Br2N2O2S/c1-9-16(10-5-3-4-6-14(10)20(9)2)23(21,22)15-8-11(17)13(19)7-12(15)18/h3-8H,19H2,1-2H3. The van der Waals surface area contributed by atoms with Gasteiger partial charge in [0, 0.05) is 38.3 Å². The zero-order valence-corrected chi connectivity index (χ0v) is 16.5. The highest BCUT2D eigenvalue weighted by molar-refractivity contribution is 9.11. The van der Waals surface area contributed by atoms with Gasteiger partial charge in [-0.3, -0.25) is 0 Å². The minimum absolute atomic E-state index is 0.193. The Morgan fingerprint density at radius 3 is 2.43 bits per heavy atom. The molecule has 2 aromatic carbocycles. The number of hydrogen-bond donors (Lipinski definition) is 1. The predicted octanol–water partition coefficient (Wildman–Crippen LogP) is 4.43. The number of anilines is 1. The molecule has 0 aliphatic carbocycles. The summed E-state index contributed by atoms with van der Waals surface area (Å²) in [5.41, 5.74) is 7.88. The quantitative estimate of drug-likeness (QED) is 0.579. The first-order valence-corrected chi connectivity index (χ1v) is 9.85. The summed E-state index contributed by atoms with van der Waals surface area (Å²) in [7, 11) is -1.83. The number of nitrogens with two attached hydrogens (primary N) is 1. The normalized spacial score (nSPS) is 12.0. The molecule has 120 valence electrons. The fourth-order valence-electron chi connectivity index (χ4n) is 2.69. The van der Waals surface area contributed by atoms with Gasteiger partial charge in [-0.1, -0.05) is 18.2 Å². The van der Waals surface area contributed by atoms with Gasteiger partial charge in [-0.2, -0.15) is 0 Å². The van der Waals surface area contributed by atoms with Crippen molar-refractivity contribution in [1.29, 1.82) is 0 Å². The van der Waals surface area contributed by atoms with E-state index in [4.69, 9.17) is 5.73 Å². The lowest BCUT2D eigenvalue weighted by molar-refractivity contribution is 0.595. The van der Waals surface area contributed by atoms with E-state index in [1.165, 1.54) is 6.07 Å². The lowest BCUT2D eigenvalue weighted by atomic mass is 10.2. The summed E-state index contributed by atoms with van der Waals surface area (Å²) in [5.74, 6) is 0. The Bertz CT molecular complexity index is 1040. The second-order valence-corrected chi connectivity index (χ2v) is 8.86. The molecule has 0 radical (unpaired) electrons. The fourth-order valence-corrected chi connectivity index (χ4v) is 5.98. The maximum atomic E-state index is 13.3. The highest BCUT2D eigenvalue weighted by Gasteiger charge is 2.28. The van der Waals surface area contributed by atoms with E-state index in [-0.39, 0.29) is 4.90 Å². The van der Waals surface area contributed by atoms with E-state index < -0.39 is 9.84 Å². The molecule has 0 spiro atoms. The smallest absolute Gasteiger partial charge is 0.210 e. The summed E-state index contributed by atoms with van der Waals surface area (Å²) in [6.45, 7) is 1.81. The molecule has 0 atom stereocenters. The molecule has 0 fully saturated rings. The Balaban J connectivity index is 2.39. The van der Waals surface area contributed by atoms with Crippen LogP contribution in [0, 0.1) is 6.92 Å². The number of benzene rings is 2. The second kappa shape index (κ2) is 5.65. The molecule has 1 aromatic heterocycles. The van der Waals surface area contributed by atoms with E-state index in [9.17, 15) is 8.42 Å². The first-order valence-electron chi connectivity index (χ1n) is 6.78. The molecule has 3 rings (SSSR count). The molecule has 0 saturated heterocycles. The average molecular weight is 458 g/mol. The number of hydrogen-bond acceptors (Lipinski definition) is 3. The summed E-state index contributed by atoms with van der Waals surface area (Å²) < 4.78 is 29.4. The van der Waals surface area contributed by atoms with Gasteiger partial charge in [0.1, 0.15) is 4.90 Å². The van der Waals surface area contributed by atoms with Crippen molar-refractivity contribution in [3.8, 4) is 0 Å². The average Bonchev–Trinajstić information content (AvgIpc) is 2.75. The Morgan fingerprint density at radius 1 is 1.09 bits per heavy atom. The van der Waals surface area contributed by atoms with Crippen molar-refractivity contribution in [2.45, 2.75) is 16.7 Å². The van der Waals surface area contributed by atoms with Gasteiger partial charge in [-0.05, 0) is 57.0 Å². The van der Waals surface area contributed by atoms with Gasteiger partial charge in [-0.25, -0.2) is 8.42 Å². The molecular formula is C16H14Br2N2O2S. The van der Waals surface area contributed by atoms with Crippen molar-refractivity contribution in [2.75, 3.05) is 5.73 Å². The SMILES string of the molecule is Cc1c(S(=O)(=O)c2cc(Br)c(N)cc2Br)c2ccccc2n1C. The first-order chi connectivity index (χ1) is 10.7. The molecule has 3 aromatic rings. The number of rotatable bonds is 2. The highest BCUT2D eigenvalue weighted by atomic mass is 79.9. The highest BCUT2D eigenvalue weighted by Crippen LogP contribution is 2.38. The Morgan fingerprint density at radius 2 is 1.74 bits per heavy atom. The Kier molecular flexibility index (Phi) is 4.06. The maximum absolute atomic E-state index is 13.3. The van der Waals surface area contributed by atoms with Gasteiger partial charge >= 0.3 is 0 Å². The third-order valence-corrected chi connectivity index (χ3v) is 7.53. The van der Waals surface area contributed by atoms with Crippen LogP contribution in [0.25, 0.3) is 10.9 Å². The Hall–Kier alpha value is -1.31. The Labute approximate surface area is 151 Å². The molecule has 0 unspecified atom stereocenters. The van der Waals surface area contributed by atoms with Crippen LogP contribution in [0.5, 0.6) is 0 Å². The van der Waals surface area contributed by atoms with Crippen molar-refractivity contribution in [3.05, 3.63) is 51.0 Å². The summed E-state index contributed by atoms with van der Waals surface area (Å²) in [6.07, 6.45) is 0. The largest absolute Gasteiger partial charge is 0.398 e. The number of aryl methyl sites for hydroxylation is 1. The first kappa shape index (κ1) is 16.5. The summed E-state index contributed by atoms with van der Waals surface area (Å²) in [4.78, 5) is 0.519.